The summed E-state index contributed by atoms with van der Waals surface area (Å²) < 4.78 is 4.75. The summed E-state index contributed by atoms with van der Waals surface area (Å²) in [4.78, 5) is 43.8. The summed E-state index contributed by atoms with van der Waals surface area (Å²) in [5, 5.41) is 4.31. The summed E-state index contributed by atoms with van der Waals surface area (Å²) in [5.74, 6) is 3.00. The largest absolute Gasteiger partial charge is 0.309 e. The second-order valence-corrected chi connectivity index (χ2v) is 23.7. The molecule has 17 aromatic rings. The Morgan fingerprint density at radius 2 is 0.532 bits per heavy atom. The molecule has 0 saturated heterocycles. The zero-order valence-electron chi connectivity index (χ0n) is 51.3. The van der Waals surface area contributed by atoms with E-state index in [-0.39, 0.29) is 0 Å². The van der Waals surface area contributed by atoms with Crippen molar-refractivity contribution in [3.8, 4) is 125 Å². The van der Waals surface area contributed by atoms with Crippen LogP contribution in [0.15, 0.2) is 303 Å². The molecule has 11 aromatic carbocycles. The second kappa shape index (κ2) is 23.3. The number of rotatable bonds is 12. The molecule has 0 bridgehead atoms. The fourth-order valence-corrected chi connectivity index (χ4v) is 13.0. The molecule has 0 radical (unpaired) electrons. The zero-order chi connectivity index (χ0) is 62.6. The average Bonchev–Trinajstić information content (AvgIpc) is 1.51. The van der Waals surface area contributed by atoms with Crippen molar-refractivity contribution in [2.24, 2.45) is 0 Å². The first-order valence-electron chi connectivity index (χ1n) is 31.5. The second-order valence-electron chi connectivity index (χ2n) is 23.7. The molecule has 10 heteroatoms. The van der Waals surface area contributed by atoms with Gasteiger partial charge in [0.2, 0.25) is 0 Å². The molecule has 442 valence electrons. The van der Waals surface area contributed by atoms with E-state index < -0.39 is 0 Å². The first kappa shape index (κ1) is 55.4. The topological polar surface area (TPSA) is 113 Å². The first-order valence-corrected chi connectivity index (χ1v) is 31.5. The highest BCUT2D eigenvalue weighted by Gasteiger charge is 2.28. The van der Waals surface area contributed by atoms with Crippen LogP contribution in [0.3, 0.4) is 0 Å². The van der Waals surface area contributed by atoms with Crippen molar-refractivity contribution in [3.63, 3.8) is 0 Å². The third-order valence-corrected chi connectivity index (χ3v) is 17.5. The number of hydrogen-bond donors (Lipinski definition) is 0. The lowest BCUT2D eigenvalue weighted by Gasteiger charge is -2.21. The molecule has 0 aliphatic rings. The van der Waals surface area contributed by atoms with Crippen LogP contribution in [-0.2, 0) is 0 Å². The molecule has 6 aromatic heterocycles. The van der Waals surface area contributed by atoms with Gasteiger partial charge in [0.15, 0.2) is 34.9 Å². The van der Waals surface area contributed by atoms with Crippen molar-refractivity contribution in [2.75, 3.05) is 0 Å². The fraction of sp³-hybridized carbons (Fsp3) is 0.0238. The van der Waals surface area contributed by atoms with E-state index in [9.17, 15) is 0 Å². The molecule has 0 saturated carbocycles. The number of pyridine rings is 2. The van der Waals surface area contributed by atoms with Crippen LogP contribution >= 0.6 is 0 Å². The lowest BCUT2D eigenvalue weighted by molar-refractivity contribution is 1.05. The van der Waals surface area contributed by atoms with Gasteiger partial charge in [-0.2, -0.15) is 0 Å². The number of hydrogen-bond acceptors (Lipinski definition) is 8. The maximum absolute atomic E-state index is 5.63. The lowest BCUT2D eigenvalue weighted by atomic mass is 10.0. The Hall–Kier alpha value is -12.7. The fourth-order valence-electron chi connectivity index (χ4n) is 13.0. The van der Waals surface area contributed by atoms with E-state index in [2.05, 4.69) is 241 Å². The molecule has 0 N–H and O–H groups in total. The van der Waals surface area contributed by atoms with Gasteiger partial charge in [0.05, 0.1) is 50.5 Å². The lowest BCUT2D eigenvalue weighted by Crippen LogP contribution is -2.09. The number of aromatic nitrogens is 10. The van der Waals surface area contributed by atoms with Crippen LogP contribution in [0, 0.1) is 13.8 Å². The molecular weight excluding hydrogens is 1150 g/mol. The van der Waals surface area contributed by atoms with E-state index in [0.29, 0.717) is 46.1 Å². The number of fused-ring (bicyclic) bond motifs is 6. The van der Waals surface area contributed by atoms with Crippen LogP contribution in [0.2, 0.25) is 0 Å². The minimum Gasteiger partial charge on any atom is -0.309 e. The molecule has 0 fully saturated rings. The molecule has 0 atom stereocenters. The normalized spacial score (nSPS) is 11.5. The third-order valence-electron chi connectivity index (χ3n) is 17.5. The highest BCUT2D eigenvalue weighted by molar-refractivity contribution is 6.13. The van der Waals surface area contributed by atoms with Crippen LogP contribution in [0.1, 0.15) is 11.1 Å². The van der Waals surface area contributed by atoms with E-state index in [4.69, 9.17) is 39.9 Å². The monoisotopic (exact) mass is 1200 g/mol. The van der Waals surface area contributed by atoms with Gasteiger partial charge in [0.1, 0.15) is 0 Å². The standard InChI is InChI=1S/C84H56N10/c1-53-39-45-74-66(47-53)67-48-54(2)40-46-75(67)94(74)78-68(83-89-79(57-27-13-5-14-28-57)87-80(90-83)58-29-15-6-16-30-58)51-63(52-69(78)84-91-81(59-31-17-7-18-32-59)88-82(92-84)60-33-19-8-20-34-60)93-76-49-61(72-37-21-35-70(85-72)55-23-9-3-10-24-55)41-43-64(76)65-44-42-62(50-77(65)93)73-38-22-36-71(86-73)56-25-11-4-12-26-56/h3-52H,1-2H3. The summed E-state index contributed by atoms with van der Waals surface area (Å²) >= 11 is 0. The summed E-state index contributed by atoms with van der Waals surface area (Å²) in [5.41, 5.74) is 20.0. The quantitative estimate of drug-likeness (QED) is 0.119. The van der Waals surface area contributed by atoms with Gasteiger partial charge in [-0.25, -0.2) is 39.9 Å². The Balaban J connectivity index is 1.04. The van der Waals surface area contributed by atoms with Crippen LogP contribution in [0.4, 0.5) is 0 Å². The zero-order valence-corrected chi connectivity index (χ0v) is 51.3. The predicted molar refractivity (Wildman–Crippen MR) is 381 cm³/mol. The van der Waals surface area contributed by atoms with E-state index in [0.717, 1.165) is 133 Å². The Bertz CT molecular complexity index is 5270. The van der Waals surface area contributed by atoms with E-state index in [1.165, 1.54) is 0 Å². The molecule has 6 heterocycles. The summed E-state index contributed by atoms with van der Waals surface area (Å²) in [6.45, 7) is 4.31. The van der Waals surface area contributed by atoms with Gasteiger partial charge in [-0.3, -0.25) is 0 Å². The Labute approximate surface area is 542 Å². The molecule has 0 aliphatic carbocycles. The van der Waals surface area contributed by atoms with Crippen LogP contribution < -0.4 is 0 Å². The van der Waals surface area contributed by atoms with Gasteiger partial charge in [-0.1, -0.05) is 242 Å². The highest BCUT2D eigenvalue weighted by Crippen LogP contribution is 2.46. The predicted octanol–water partition coefficient (Wildman–Crippen LogP) is 20.3. The number of nitrogens with zero attached hydrogens (tertiary/aromatic N) is 10. The van der Waals surface area contributed by atoms with Crippen molar-refractivity contribution in [1.29, 1.82) is 0 Å². The first-order chi connectivity index (χ1) is 46.4. The van der Waals surface area contributed by atoms with Crippen LogP contribution in [-0.4, -0.2) is 49.0 Å². The Morgan fingerprint density at radius 1 is 0.213 bits per heavy atom. The molecular formula is C84H56N10. The van der Waals surface area contributed by atoms with E-state index in [1.54, 1.807) is 0 Å². The summed E-state index contributed by atoms with van der Waals surface area (Å²) in [7, 11) is 0. The van der Waals surface area contributed by atoms with Crippen LogP contribution in [0.5, 0.6) is 0 Å². The molecule has 0 aliphatic heterocycles. The Kier molecular flexibility index (Phi) is 13.7. The van der Waals surface area contributed by atoms with Crippen molar-refractivity contribution in [3.05, 3.63) is 314 Å². The average molecular weight is 1210 g/mol. The van der Waals surface area contributed by atoms with Crippen molar-refractivity contribution in [1.82, 2.24) is 49.0 Å². The Morgan fingerprint density at radius 3 is 0.883 bits per heavy atom. The molecule has 10 nitrogen and oxygen atoms in total. The van der Waals surface area contributed by atoms with Gasteiger partial charge in [0, 0.05) is 82.9 Å². The van der Waals surface area contributed by atoms with Gasteiger partial charge in [-0.15, -0.1) is 0 Å². The number of aryl methyl sites for hydroxylation is 2. The molecule has 94 heavy (non-hydrogen) atoms. The van der Waals surface area contributed by atoms with Gasteiger partial charge >= 0.3 is 0 Å². The molecule has 0 amide bonds. The summed E-state index contributed by atoms with van der Waals surface area (Å²) in [6, 6.07) is 105. The van der Waals surface area contributed by atoms with E-state index >= 15 is 0 Å². The molecule has 0 unspecified atom stereocenters. The smallest absolute Gasteiger partial charge is 0.166 e. The third kappa shape index (κ3) is 10.1. The van der Waals surface area contributed by atoms with E-state index in [1.807, 2.05) is 84.9 Å². The van der Waals surface area contributed by atoms with Crippen molar-refractivity contribution in [2.45, 2.75) is 13.8 Å². The van der Waals surface area contributed by atoms with Gasteiger partial charge < -0.3 is 9.13 Å². The SMILES string of the molecule is Cc1ccc2c(c1)c1cc(C)ccc1n2-c1c(-c2nc(-c3ccccc3)nc(-c3ccccc3)n2)cc(-n2c3cc(-c4cccc(-c5ccccc5)n4)ccc3c3ccc(-c4cccc(-c5ccccc5)n4)cc32)cc1-c1nc(-c2ccccc2)nc(-c2ccccc2)n1. The van der Waals surface area contributed by atoms with Crippen LogP contribution in [0.25, 0.3) is 168 Å². The van der Waals surface area contributed by atoms with Gasteiger partial charge in [-0.05, 0) is 86.6 Å². The highest BCUT2D eigenvalue weighted by atomic mass is 15.1. The maximum Gasteiger partial charge on any atom is 0.166 e. The number of benzene rings is 11. The maximum atomic E-state index is 5.63. The van der Waals surface area contributed by atoms with Gasteiger partial charge in [0.25, 0.3) is 0 Å². The summed E-state index contributed by atoms with van der Waals surface area (Å²) in [6.07, 6.45) is 0. The minimum absolute atomic E-state index is 0.451. The van der Waals surface area contributed by atoms with Crippen molar-refractivity contribution >= 4 is 43.6 Å². The molecule has 17 rings (SSSR count). The molecule has 0 spiro atoms. The van der Waals surface area contributed by atoms with Crippen molar-refractivity contribution < 1.29 is 0 Å². The minimum atomic E-state index is 0.451.